The fourth-order valence-electron chi connectivity index (χ4n) is 2.89. The molecule has 3 aromatic rings. The molecule has 28 heavy (non-hydrogen) atoms. The normalized spacial score (nSPS) is 10.7. The van der Waals surface area contributed by atoms with E-state index in [-0.39, 0.29) is 17.2 Å². The lowest BCUT2D eigenvalue weighted by Gasteiger charge is -2.11. The number of nitrogens with one attached hydrogen (secondary N) is 1. The maximum atomic E-state index is 12.7. The van der Waals surface area contributed by atoms with Crippen LogP contribution in [0.4, 0.5) is 0 Å². The number of allylic oxidation sites excluding steroid dienone is 1. The number of carbonyl (C=O) groups excluding carboxylic acids is 1. The number of aromatic nitrogens is 2. The maximum absolute atomic E-state index is 12.7. The third-order valence-electron chi connectivity index (χ3n) is 4.28. The van der Waals surface area contributed by atoms with Crippen molar-refractivity contribution in [2.24, 2.45) is 0 Å². The molecule has 0 unspecified atom stereocenters. The minimum Gasteiger partial charge on any atom is -0.355 e. The van der Waals surface area contributed by atoms with Gasteiger partial charge in [0.1, 0.15) is 0 Å². The largest absolute Gasteiger partial charge is 0.355 e. The summed E-state index contributed by atoms with van der Waals surface area (Å²) in [5.41, 5.74) is 1.79. The summed E-state index contributed by atoms with van der Waals surface area (Å²) in [5.74, 6) is 0.151. The lowest BCUT2D eigenvalue weighted by atomic mass is 10.1. The van der Waals surface area contributed by atoms with Crippen LogP contribution in [0.1, 0.15) is 12.0 Å². The minimum absolute atomic E-state index is 0.0642. The van der Waals surface area contributed by atoms with Crippen molar-refractivity contribution in [2.75, 3.05) is 12.3 Å². The Kier molecular flexibility index (Phi) is 7.03. The quantitative estimate of drug-likeness (QED) is 0.262. The van der Waals surface area contributed by atoms with E-state index >= 15 is 0 Å². The summed E-state index contributed by atoms with van der Waals surface area (Å²) < 4.78 is 1.56. The summed E-state index contributed by atoms with van der Waals surface area (Å²) in [7, 11) is 0. The summed E-state index contributed by atoms with van der Waals surface area (Å²) in [4.78, 5) is 29.4. The second-order valence-electron chi connectivity index (χ2n) is 6.34. The molecule has 0 radical (unpaired) electrons. The molecule has 0 aliphatic heterocycles. The van der Waals surface area contributed by atoms with E-state index < -0.39 is 0 Å². The lowest BCUT2D eigenvalue weighted by Crippen LogP contribution is -2.27. The predicted octanol–water partition coefficient (Wildman–Crippen LogP) is 3.42. The molecule has 2 aromatic carbocycles. The molecule has 1 amide bonds. The van der Waals surface area contributed by atoms with Crippen LogP contribution >= 0.6 is 11.8 Å². The summed E-state index contributed by atoms with van der Waals surface area (Å²) >= 11 is 1.27. The van der Waals surface area contributed by atoms with Crippen LogP contribution < -0.4 is 10.9 Å². The molecule has 0 aliphatic rings. The zero-order valence-electron chi connectivity index (χ0n) is 15.6. The highest BCUT2D eigenvalue weighted by atomic mass is 32.2. The number of carbonyl (C=O) groups is 1. The van der Waals surface area contributed by atoms with Gasteiger partial charge in [0.15, 0.2) is 5.16 Å². The fourth-order valence-corrected chi connectivity index (χ4v) is 3.73. The van der Waals surface area contributed by atoms with E-state index in [0.29, 0.717) is 29.1 Å². The van der Waals surface area contributed by atoms with Crippen molar-refractivity contribution in [3.8, 4) is 0 Å². The summed E-state index contributed by atoms with van der Waals surface area (Å²) in [6.45, 7) is 4.70. The van der Waals surface area contributed by atoms with Gasteiger partial charge in [-0.3, -0.25) is 14.2 Å². The zero-order valence-corrected chi connectivity index (χ0v) is 16.5. The number of amides is 1. The van der Waals surface area contributed by atoms with Crippen molar-refractivity contribution in [3.63, 3.8) is 0 Å². The Bertz CT molecular complexity index is 1020. The van der Waals surface area contributed by atoms with Crippen LogP contribution in [0.2, 0.25) is 0 Å². The van der Waals surface area contributed by atoms with Crippen molar-refractivity contribution < 1.29 is 4.79 Å². The summed E-state index contributed by atoms with van der Waals surface area (Å²) in [6, 6.07) is 17.4. The standard InChI is InChI=1S/C22H23N3O2S/c1-2-15-25-21(27)18-12-6-7-13-19(18)24-22(25)28-16-20(26)23-14-8-11-17-9-4-3-5-10-17/h2-7,9-10,12-13H,1,8,11,14-16H2,(H,23,26). The average Bonchev–Trinajstić information content (AvgIpc) is 2.73. The van der Waals surface area contributed by atoms with Gasteiger partial charge < -0.3 is 5.32 Å². The van der Waals surface area contributed by atoms with Crippen LogP contribution in [0, 0.1) is 0 Å². The van der Waals surface area contributed by atoms with E-state index in [1.165, 1.54) is 17.3 Å². The SMILES string of the molecule is C=CCn1c(SCC(=O)NCCCc2ccccc2)nc2ccccc2c1=O. The smallest absolute Gasteiger partial charge is 0.262 e. The lowest BCUT2D eigenvalue weighted by molar-refractivity contribution is -0.118. The highest BCUT2D eigenvalue weighted by Crippen LogP contribution is 2.17. The van der Waals surface area contributed by atoms with Crippen LogP contribution in [-0.4, -0.2) is 27.8 Å². The molecule has 3 rings (SSSR count). The first-order chi connectivity index (χ1) is 13.7. The van der Waals surface area contributed by atoms with Gasteiger partial charge in [0.25, 0.3) is 5.56 Å². The molecule has 0 bridgehead atoms. The number of thioether (sulfide) groups is 1. The first-order valence-corrected chi connectivity index (χ1v) is 10.2. The van der Waals surface area contributed by atoms with Crippen molar-refractivity contribution >= 4 is 28.6 Å². The minimum atomic E-state index is -0.115. The Morgan fingerprint density at radius 3 is 2.68 bits per heavy atom. The Labute approximate surface area is 168 Å². The van der Waals surface area contributed by atoms with E-state index in [1.807, 2.05) is 36.4 Å². The molecule has 0 saturated carbocycles. The Hall–Kier alpha value is -2.86. The number of rotatable bonds is 9. The maximum Gasteiger partial charge on any atom is 0.262 e. The van der Waals surface area contributed by atoms with Gasteiger partial charge in [0, 0.05) is 13.1 Å². The molecule has 0 spiro atoms. The van der Waals surface area contributed by atoms with Crippen LogP contribution in [0.15, 0.2) is 77.2 Å². The Morgan fingerprint density at radius 2 is 1.89 bits per heavy atom. The van der Waals surface area contributed by atoms with Gasteiger partial charge in [-0.1, -0.05) is 60.3 Å². The average molecular weight is 394 g/mol. The first-order valence-electron chi connectivity index (χ1n) is 9.23. The van der Waals surface area contributed by atoms with Crippen LogP contribution in [0.3, 0.4) is 0 Å². The van der Waals surface area contributed by atoms with E-state index in [9.17, 15) is 9.59 Å². The van der Waals surface area contributed by atoms with Crippen molar-refractivity contribution in [2.45, 2.75) is 24.5 Å². The molecule has 0 atom stereocenters. The van der Waals surface area contributed by atoms with Gasteiger partial charge >= 0.3 is 0 Å². The van der Waals surface area contributed by atoms with Crippen molar-refractivity contribution in [1.82, 2.24) is 14.9 Å². The summed E-state index contributed by atoms with van der Waals surface area (Å²) in [6.07, 6.45) is 3.47. The monoisotopic (exact) mass is 393 g/mol. The van der Waals surface area contributed by atoms with Gasteiger partial charge in [-0.15, -0.1) is 6.58 Å². The zero-order chi connectivity index (χ0) is 19.8. The van der Waals surface area contributed by atoms with Crippen LogP contribution in [-0.2, 0) is 17.8 Å². The van der Waals surface area contributed by atoms with Gasteiger partial charge in [0.05, 0.1) is 16.7 Å². The Morgan fingerprint density at radius 1 is 1.14 bits per heavy atom. The molecule has 5 nitrogen and oxygen atoms in total. The first kappa shape index (κ1) is 19.9. The molecule has 1 N–H and O–H groups in total. The van der Waals surface area contributed by atoms with Gasteiger partial charge in [-0.25, -0.2) is 4.98 Å². The predicted molar refractivity (Wildman–Crippen MR) is 115 cm³/mol. The number of hydrogen-bond acceptors (Lipinski definition) is 4. The highest BCUT2D eigenvalue weighted by molar-refractivity contribution is 7.99. The highest BCUT2D eigenvalue weighted by Gasteiger charge is 2.12. The molecular formula is C22H23N3O2S. The molecule has 0 aliphatic carbocycles. The molecular weight excluding hydrogens is 370 g/mol. The third-order valence-corrected chi connectivity index (χ3v) is 5.25. The van der Waals surface area contributed by atoms with Crippen molar-refractivity contribution in [1.29, 1.82) is 0 Å². The number of benzene rings is 2. The molecule has 144 valence electrons. The van der Waals surface area contributed by atoms with Gasteiger partial charge in [-0.2, -0.15) is 0 Å². The molecule has 0 saturated heterocycles. The number of fused-ring (bicyclic) bond motifs is 1. The topological polar surface area (TPSA) is 64.0 Å². The van der Waals surface area contributed by atoms with Gasteiger partial charge in [0.2, 0.25) is 5.91 Å². The number of para-hydroxylation sites is 1. The molecule has 6 heteroatoms. The van der Waals surface area contributed by atoms with E-state index in [4.69, 9.17) is 0 Å². The Balaban J connectivity index is 1.58. The van der Waals surface area contributed by atoms with E-state index in [1.54, 1.807) is 16.7 Å². The fraction of sp³-hybridized carbons (Fsp3) is 0.227. The number of aryl methyl sites for hydroxylation is 1. The molecule has 1 heterocycles. The van der Waals surface area contributed by atoms with Crippen LogP contribution in [0.25, 0.3) is 10.9 Å². The second-order valence-corrected chi connectivity index (χ2v) is 7.29. The second kappa shape index (κ2) is 9.90. The molecule has 0 fully saturated rings. The molecule has 1 aromatic heterocycles. The van der Waals surface area contributed by atoms with Gasteiger partial charge in [-0.05, 0) is 30.5 Å². The van der Waals surface area contributed by atoms with Crippen LogP contribution in [0.5, 0.6) is 0 Å². The number of nitrogens with zero attached hydrogens (tertiary/aromatic N) is 2. The van der Waals surface area contributed by atoms with Crippen molar-refractivity contribution in [3.05, 3.63) is 83.2 Å². The third kappa shape index (κ3) is 5.10. The van der Waals surface area contributed by atoms with E-state index in [2.05, 4.69) is 29.0 Å². The number of hydrogen-bond donors (Lipinski definition) is 1. The summed E-state index contributed by atoms with van der Waals surface area (Å²) in [5, 5.41) is 4.03. The van der Waals surface area contributed by atoms with E-state index in [0.717, 1.165) is 12.8 Å².